The van der Waals surface area contributed by atoms with Crippen molar-refractivity contribution < 1.29 is 43.2 Å². The molecule has 0 saturated carbocycles. The number of ether oxygens (including phenoxy) is 1. The molecule has 3 fully saturated rings. The second kappa shape index (κ2) is 36.5. The fourth-order valence-corrected chi connectivity index (χ4v) is 20.8. The number of pyridine rings is 8. The maximum absolute atomic E-state index is 17.1. The Morgan fingerprint density at radius 2 is 0.871 bits per heavy atom. The maximum atomic E-state index is 17.1. The van der Waals surface area contributed by atoms with Gasteiger partial charge >= 0.3 is 5.56 Å². The van der Waals surface area contributed by atoms with E-state index in [0.717, 1.165) is 22.9 Å². The van der Waals surface area contributed by atoms with Crippen molar-refractivity contribution in [1.82, 2.24) is 53.3 Å². The summed E-state index contributed by atoms with van der Waals surface area (Å²) in [4.78, 5) is 117. The summed E-state index contributed by atoms with van der Waals surface area (Å²) in [5.74, 6) is -2.99. The van der Waals surface area contributed by atoms with Crippen LogP contribution in [0.2, 0.25) is 40.2 Å². The minimum absolute atomic E-state index is 0.00244. The Balaban J connectivity index is 0.000000144. The van der Waals surface area contributed by atoms with Crippen LogP contribution in [0.1, 0.15) is 119 Å². The minimum atomic E-state index is -1.03. The molecule has 8 aromatic heterocycles. The number of fused-ring (bicyclic) bond motifs is 15. The lowest BCUT2D eigenvalue weighted by atomic mass is 9.98. The Morgan fingerprint density at radius 1 is 0.477 bits per heavy atom. The molecule has 25 nitrogen and oxygen atoms in total. The number of aromatic nitrogens is 8. The first-order chi connectivity index (χ1) is 62.7. The van der Waals surface area contributed by atoms with Gasteiger partial charge in [0.15, 0.2) is 11.5 Å². The van der Waals surface area contributed by atoms with E-state index in [1.807, 2.05) is 100 Å². The van der Waals surface area contributed by atoms with Gasteiger partial charge in [0.25, 0.3) is 11.1 Å². The summed E-state index contributed by atoms with van der Waals surface area (Å²) in [5.41, 5.74) is 8.38. The number of halogens is 10. The van der Waals surface area contributed by atoms with Crippen LogP contribution >= 0.6 is 92.8 Å². The molecule has 3 saturated heterocycles. The van der Waals surface area contributed by atoms with Crippen molar-refractivity contribution in [2.24, 2.45) is 0 Å². The minimum Gasteiger partial charge on any atom is -0.508 e. The summed E-state index contributed by atoms with van der Waals surface area (Å²) in [6, 6.07) is 16.9. The number of benzene rings is 4. The van der Waals surface area contributed by atoms with E-state index in [0.29, 0.717) is 141 Å². The molecule has 132 heavy (non-hydrogen) atoms. The molecule has 6 aliphatic rings. The number of aryl methyl sites for hydroxylation is 3. The highest BCUT2D eigenvalue weighted by atomic mass is 35.5. The van der Waals surface area contributed by atoms with Crippen molar-refractivity contribution in [1.29, 1.82) is 0 Å². The van der Waals surface area contributed by atoms with Gasteiger partial charge in [-0.05, 0) is 149 Å². The van der Waals surface area contributed by atoms with E-state index in [2.05, 4.69) is 49.8 Å². The van der Waals surface area contributed by atoms with E-state index in [1.54, 1.807) is 56.1 Å². The lowest BCUT2D eigenvalue weighted by Gasteiger charge is -2.49. The van der Waals surface area contributed by atoms with Crippen molar-refractivity contribution >= 4 is 166 Å². The van der Waals surface area contributed by atoms with Crippen LogP contribution in [0.5, 0.6) is 23.0 Å². The highest BCUT2D eigenvalue weighted by molar-refractivity contribution is 6.46. The van der Waals surface area contributed by atoms with Crippen LogP contribution in [0.4, 0.5) is 31.5 Å². The van der Waals surface area contributed by atoms with Gasteiger partial charge in [-0.1, -0.05) is 154 Å². The van der Waals surface area contributed by atoms with Gasteiger partial charge in [-0.15, -0.1) is 0 Å². The number of anilines is 4. The van der Waals surface area contributed by atoms with Crippen LogP contribution in [-0.2, 0) is 20.8 Å². The summed E-state index contributed by atoms with van der Waals surface area (Å²) in [6.45, 7) is 37.5. The number of phenolic OH excluding ortho intramolecular Hbond substituents is 3. The number of nitrogens with zero attached hydrogens (tertiary/aromatic N) is 14. The molecule has 35 heteroatoms. The number of aromatic hydroxyl groups is 3. The van der Waals surface area contributed by atoms with Gasteiger partial charge in [-0.3, -0.25) is 57.4 Å². The monoisotopic (exact) mass is 1940 g/mol. The summed E-state index contributed by atoms with van der Waals surface area (Å²) in [5, 5.41) is 36.6. The third-order valence-electron chi connectivity index (χ3n) is 25.3. The van der Waals surface area contributed by atoms with Gasteiger partial charge < -0.3 is 54.8 Å². The van der Waals surface area contributed by atoms with Crippen molar-refractivity contribution in [3.05, 3.63) is 252 Å². The Labute approximate surface area is 798 Å². The van der Waals surface area contributed by atoms with Crippen LogP contribution in [0.15, 0.2) is 144 Å². The average Bonchev–Trinajstić information content (AvgIpc) is 1.40. The SMILES string of the molecule is C=CC(=O)N1CC2CNc3c(c4cc(Cl)c(-c5cc(O)cc(Cl)c5Cl)nc4n(-c4c(C)ccnc4C(C)C)c3=O)N2CC1C.C=CC(=O)N1CC2COc3c(c4cc(Cl)c(-c5cc(O)cc(Cl)c5Cl)nc4n(-c4c(C)ccnc4C(C)C)c3=O)N2CC1C.C=CC(=O)N1CC2Cc3c(c4cc(F)c(-c5cc(O)cc(Cl)c5Cl)c(F)c4n(-c4c(C)ccnc4C(C)C)c3=O)N2CC1C. The Kier molecular flexibility index (Phi) is 25.9. The average molecular weight is 1950 g/mol. The van der Waals surface area contributed by atoms with Gasteiger partial charge in [-0.2, -0.15) is 0 Å². The van der Waals surface area contributed by atoms with Gasteiger partial charge in [-0.25, -0.2) is 18.7 Å². The van der Waals surface area contributed by atoms with E-state index in [1.165, 1.54) is 63.8 Å². The highest BCUT2D eigenvalue weighted by Crippen LogP contribution is 2.51. The fourth-order valence-electron chi connectivity index (χ4n) is 19.1. The molecule has 6 atom stereocenters. The summed E-state index contributed by atoms with van der Waals surface area (Å²) >= 11 is 52.3. The molecule has 684 valence electrons. The van der Waals surface area contributed by atoms with E-state index in [-0.39, 0.29) is 181 Å². The first kappa shape index (κ1) is 93.7. The Bertz CT molecular complexity index is 6860. The molecule has 0 aliphatic carbocycles. The van der Waals surface area contributed by atoms with Crippen LogP contribution in [0, 0.1) is 32.4 Å². The van der Waals surface area contributed by atoms with E-state index in [4.69, 9.17) is 108 Å². The lowest BCUT2D eigenvalue weighted by molar-refractivity contribution is -0.129. The number of amides is 3. The maximum Gasteiger partial charge on any atom is 0.301 e. The molecule has 4 aromatic carbocycles. The Morgan fingerprint density at radius 3 is 1.32 bits per heavy atom. The second-order valence-corrected chi connectivity index (χ2v) is 38.0. The summed E-state index contributed by atoms with van der Waals surface area (Å²) in [6.07, 6.45) is 9.28. The first-order valence-corrected chi connectivity index (χ1v) is 45.8. The first-order valence-electron chi connectivity index (χ1n) is 42.8. The molecule has 6 unspecified atom stereocenters. The lowest BCUT2D eigenvalue weighted by Crippen LogP contribution is -2.62. The highest BCUT2D eigenvalue weighted by Gasteiger charge is 2.46. The van der Waals surface area contributed by atoms with Gasteiger partial charge in [0.2, 0.25) is 23.5 Å². The molecule has 6 aliphatic heterocycles. The normalized spacial score (nSPS) is 17.8. The zero-order chi connectivity index (χ0) is 95.0. The number of rotatable bonds is 12. The second-order valence-electron chi connectivity index (χ2n) is 34.8. The largest absolute Gasteiger partial charge is 0.508 e. The number of carbonyl (C=O) groups excluding carboxylic acids is 3. The zero-order valence-corrected chi connectivity index (χ0v) is 79.9. The molecule has 4 N–H and O–H groups in total. The van der Waals surface area contributed by atoms with E-state index >= 15 is 8.78 Å². The van der Waals surface area contributed by atoms with Crippen LogP contribution in [0.25, 0.3) is 83.7 Å². The summed E-state index contributed by atoms with van der Waals surface area (Å²) < 4.78 is 44.0. The molecule has 0 bridgehead atoms. The van der Waals surface area contributed by atoms with Crippen molar-refractivity contribution in [2.75, 3.05) is 72.4 Å². The van der Waals surface area contributed by atoms with Crippen LogP contribution < -0.4 is 41.4 Å². The fraction of sp³-hybridized carbons (Fsp3) is 0.309. The predicted molar refractivity (Wildman–Crippen MR) is 521 cm³/mol. The topological polar surface area (TPSA) is 283 Å². The molecule has 3 amide bonds. The molecule has 0 radical (unpaired) electrons. The number of carbonyl (C=O) groups is 3. The molecular formula is C97H91Cl8F2N15O10. The molecular weight excluding hydrogens is 1860 g/mol. The molecule has 14 heterocycles. The van der Waals surface area contributed by atoms with Crippen molar-refractivity contribution in [3.8, 4) is 73.7 Å². The van der Waals surface area contributed by atoms with Crippen LogP contribution in [-0.4, -0.2) is 175 Å². The van der Waals surface area contributed by atoms with E-state index in [9.17, 15) is 44.1 Å². The number of nitrogens with one attached hydrogen (secondary N) is 1. The zero-order valence-electron chi connectivity index (χ0n) is 73.8. The van der Waals surface area contributed by atoms with Crippen molar-refractivity contribution in [3.63, 3.8) is 0 Å². The van der Waals surface area contributed by atoms with Gasteiger partial charge in [0.05, 0.1) is 132 Å². The number of hydrogen-bond donors (Lipinski definition) is 4. The predicted octanol–water partition coefficient (Wildman–Crippen LogP) is 20.0. The third kappa shape index (κ3) is 16.1. The Hall–Kier alpha value is -11.5. The molecule has 0 spiro atoms. The third-order valence-corrected chi connectivity index (χ3v) is 28.2. The molecule has 18 rings (SSSR count). The number of phenols is 3. The standard InChI is InChI=1S/C33H30Cl2F2N4O3.C32H31Cl3N6O3.C32H30Cl3N5O4/c1-6-25(43)39-14-18-9-22-31(40(18)13-17(39)5)21-12-24(36)26(20-10-19(42)11-23(34)27(20)35)28(37)32(21)41(33(22)44)30-16(4)7-8-38-29(30)15(2)3;1-6-24(43)39-14-18-12-37-28-30(40(18)13-17(39)5)21-11-23(34)27(20-9-19(42)10-22(33)25(20)35)38-31(21)41(32(28)44)29-16(4)7-8-36-26(29)15(2)3;1-6-24(42)38-13-18-14-44-30-29(39(18)12-17(38)5)21-11-23(34)27(20-9-19(41)10-22(33)25(20)35)37-31(21)40(32(30)43)28-16(4)7-8-36-26(28)15(2)3/h6-8,10-12,15,17-18,42H,1,9,13-14H2,2-5H3;6-11,15,17-18,37,42H,1,12-14H2,2-5H3;6-11,15,17-18,41H,1,12-14H2,2-5H3. The summed E-state index contributed by atoms with van der Waals surface area (Å²) in [7, 11) is 0. The van der Waals surface area contributed by atoms with Gasteiger partial charge in [0, 0.05) is 146 Å². The molecule has 12 aromatic rings. The van der Waals surface area contributed by atoms with E-state index < -0.39 is 28.3 Å². The van der Waals surface area contributed by atoms with Crippen molar-refractivity contribution in [2.45, 2.75) is 144 Å². The van der Waals surface area contributed by atoms with Crippen LogP contribution in [0.3, 0.4) is 0 Å². The number of piperazine rings is 3. The van der Waals surface area contributed by atoms with Gasteiger partial charge in [0.1, 0.15) is 41.0 Å². The quantitative estimate of drug-likeness (QED) is 0.0827. The number of hydrogen-bond acceptors (Lipinski definition) is 19. The smallest absolute Gasteiger partial charge is 0.301 e.